The Bertz CT molecular complexity index is 522. The summed E-state index contributed by atoms with van der Waals surface area (Å²) in [6, 6.07) is 9.26. The third-order valence-electron chi connectivity index (χ3n) is 3.77. The molecule has 0 fully saturated rings. The highest BCUT2D eigenvalue weighted by Gasteiger charge is 2.10. The Morgan fingerprint density at radius 2 is 1.96 bits per heavy atom. The van der Waals surface area contributed by atoms with Crippen molar-refractivity contribution in [2.45, 2.75) is 39.7 Å². The van der Waals surface area contributed by atoms with Gasteiger partial charge in [0.15, 0.2) is 0 Å². The molecule has 132 valence electrons. The van der Waals surface area contributed by atoms with E-state index >= 15 is 0 Å². The fraction of sp³-hybridized carbons (Fsp3) is 0.579. The van der Waals surface area contributed by atoms with Gasteiger partial charge in [-0.1, -0.05) is 6.92 Å². The molecule has 0 saturated heterocycles. The molecule has 0 unspecified atom stereocenters. The topological polar surface area (TPSA) is 56.1 Å². The van der Waals surface area contributed by atoms with E-state index < -0.39 is 0 Å². The maximum atomic E-state index is 12.1. The summed E-state index contributed by atoms with van der Waals surface area (Å²) >= 11 is 2.02. The molecule has 0 heterocycles. The zero-order valence-electron chi connectivity index (χ0n) is 15.0. The van der Waals surface area contributed by atoms with Crippen LogP contribution in [0.15, 0.2) is 24.3 Å². The first-order valence-electron chi connectivity index (χ1n) is 8.68. The molecule has 0 aromatic heterocycles. The predicted molar refractivity (Wildman–Crippen MR) is 102 cm³/mol. The van der Waals surface area contributed by atoms with Gasteiger partial charge in [-0.2, -0.15) is 17.0 Å². The molecule has 1 aromatic carbocycles. The largest absolute Gasteiger partial charge is 0.351 e. The minimum Gasteiger partial charge on any atom is -0.351 e. The summed E-state index contributed by atoms with van der Waals surface area (Å²) in [7, 11) is 0. The molecule has 5 heteroatoms. The van der Waals surface area contributed by atoms with Crippen LogP contribution in [0.4, 0.5) is 0 Å². The predicted octanol–water partition coefficient (Wildman–Crippen LogP) is 3.53. The van der Waals surface area contributed by atoms with Crippen LogP contribution < -0.4 is 5.32 Å². The lowest BCUT2D eigenvalue weighted by Crippen LogP contribution is -2.39. The van der Waals surface area contributed by atoms with Gasteiger partial charge < -0.3 is 5.32 Å². The van der Waals surface area contributed by atoms with Gasteiger partial charge in [0, 0.05) is 24.7 Å². The van der Waals surface area contributed by atoms with E-state index in [0.29, 0.717) is 23.7 Å². The molecule has 0 saturated carbocycles. The van der Waals surface area contributed by atoms with Gasteiger partial charge in [0.05, 0.1) is 11.6 Å². The molecule has 1 amide bonds. The SMILES string of the molecule is CCCSCCCN(CCNC(=O)c1ccc(C#N)cc1)C(C)C. The summed E-state index contributed by atoms with van der Waals surface area (Å²) in [5, 5.41) is 11.7. The van der Waals surface area contributed by atoms with Crippen LogP contribution in [0.5, 0.6) is 0 Å². The number of rotatable bonds is 11. The van der Waals surface area contributed by atoms with Crippen molar-refractivity contribution < 1.29 is 4.79 Å². The molecular weight excluding hydrogens is 318 g/mol. The van der Waals surface area contributed by atoms with Gasteiger partial charge in [0.25, 0.3) is 5.91 Å². The van der Waals surface area contributed by atoms with Gasteiger partial charge in [-0.25, -0.2) is 0 Å². The first-order chi connectivity index (χ1) is 11.6. The van der Waals surface area contributed by atoms with E-state index in [1.54, 1.807) is 24.3 Å². The minimum absolute atomic E-state index is 0.0818. The van der Waals surface area contributed by atoms with Crippen LogP contribution in [0.25, 0.3) is 0 Å². The van der Waals surface area contributed by atoms with Crippen LogP contribution >= 0.6 is 11.8 Å². The Labute approximate surface area is 150 Å². The lowest BCUT2D eigenvalue weighted by Gasteiger charge is -2.26. The third kappa shape index (κ3) is 7.85. The molecule has 0 aliphatic carbocycles. The summed E-state index contributed by atoms with van der Waals surface area (Å²) in [6.07, 6.45) is 2.42. The Balaban J connectivity index is 2.33. The van der Waals surface area contributed by atoms with Gasteiger partial charge >= 0.3 is 0 Å². The quantitative estimate of drug-likeness (QED) is 0.622. The van der Waals surface area contributed by atoms with Gasteiger partial charge in [0.2, 0.25) is 0 Å². The molecule has 0 aliphatic rings. The number of carbonyl (C=O) groups is 1. The second kappa shape index (κ2) is 11.9. The molecule has 4 nitrogen and oxygen atoms in total. The first kappa shape index (κ1) is 20.5. The number of nitriles is 1. The van der Waals surface area contributed by atoms with Crippen LogP contribution in [0.1, 0.15) is 49.5 Å². The van der Waals surface area contributed by atoms with E-state index in [4.69, 9.17) is 5.26 Å². The number of hydrogen-bond donors (Lipinski definition) is 1. The molecule has 0 radical (unpaired) electrons. The molecular formula is C19H29N3OS. The van der Waals surface area contributed by atoms with E-state index in [9.17, 15) is 4.79 Å². The first-order valence-corrected chi connectivity index (χ1v) is 9.84. The zero-order chi connectivity index (χ0) is 17.8. The van der Waals surface area contributed by atoms with E-state index in [1.165, 1.54) is 24.3 Å². The zero-order valence-corrected chi connectivity index (χ0v) is 15.9. The maximum Gasteiger partial charge on any atom is 0.251 e. The van der Waals surface area contributed by atoms with Crippen molar-refractivity contribution in [2.24, 2.45) is 0 Å². The molecule has 0 bridgehead atoms. The van der Waals surface area contributed by atoms with Crippen molar-refractivity contribution in [1.82, 2.24) is 10.2 Å². The van der Waals surface area contributed by atoms with Gasteiger partial charge in [-0.05, 0) is 69.0 Å². The number of thioether (sulfide) groups is 1. The number of nitrogens with one attached hydrogen (secondary N) is 1. The monoisotopic (exact) mass is 347 g/mol. The minimum atomic E-state index is -0.0818. The normalized spacial score (nSPS) is 10.8. The average molecular weight is 348 g/mol. The summed E-state index contributed by atoms with van der Waals surface area (Å²) in [6.45, 7) is 9.17. The molecule has 1 aromatic rings. The third-order valence-corrected chi connectivity index (χ3v) is 5.05. The highest BCUT2D eigenvalue weighted by molar-refractivity contribution is 7.99. The number of benzene rings is 1. The second-order valence-corrected chi connectivity index (χ2v) is 7.27. The van der Waals surface area contributed by atoms with Crippen molar-refractivity contribution in [1.29, 1.82) is 5.26 Å². The smallest absolute Gasteiger partial charge is 0.251 e. The fourth-order valence-corrected chi connectivity index (χ4v) is 3.18. The molecule has 0 spiro atoms. The maximum absolute atomic E-state index is 12.1. The summed E-state index contributed by atoms with van der Waals surface area (Å²) in [4.78, 5) is 14.5. The average Bonchev–Trinajstić information content (AvgIpc) is 2.59. The highest BCUT2D eigenvalue weighted by atomic mass is 32.2. The molecule has 0 aliphatic heterocycles. The van der Waals surface area contributed by atoms with Crippen molar-refractivity contribution in [3.63, 3.8) is 0 Å². The van der Waals surface area contributed by atoms with Gasteiger partial charge in [0.1, 0.15) is 0 Å². The molecule has 24 heavy (non-hydrogen) atoms. The highest BCUT2D eigenvalue weighted by Crippen LogP contribution is 2.07. The number of hydrogen-bond acceptors (Lipinski definition) is 4. The van der Waals surface area contributed by atoms with Gasteiger partial charge in [-0.15, -0.1) is 0 Å². The Morgan fingerprint density at radius 3 is 2.54 bits per heavy atom. The van der Waals surface area contributed by atoms with E-state index in [1.807, 2.05) is 11.8 Å². The van der Waals surface area contributed by atoms with Crippen LogP contribution in [-0.4, -0.2) is 48.0 Å². The van der Waals surface area contributed by atoms with Crippen LogP contribution in [0.3, 0.4) is 0 Å². The Kier molecular flexibility index (Phi) is 10.2. The Hall–Kier alpha value is -1.51. The summed E-state index contributed by atoms with van der Waals surface area (Å²) in [5.41, 5.74) is 1.17. The molecule has 1 N–H and O–H groups in total. The van der Waals surface area contributed by atoms with Crippen LogP contribution in [0, 0.1) is 11.3 Å². The van der Waals surface area contributed by atoms with Crippen molar-refractivity contribution in [3.05, 3.63) is 35.4 Å². The second-order valence-electron chi connectivity index (χ2n) is 6.04. The number of nitrogens with zero attached hydrogens (tertiary/aromatic N) is 2. The van der Waals surface area contributed by atoms with Gasteiger partial charge in [-0.3, -0.25) is 9.69 Å². The Morgan fingerprint density at radius 1 is 1.25 bits per heavy atom. The fourth-order valence-electron chi connectivity index (χ4n) is 2.36. The lowest BCUT2D eigenvalue weighted by atomic mass is 10.1. The van der Waals surface area contributed by atoms with Crippen molar-refractivity contribution in [3.8, 4) is 6.07 Å². The summed E-state index contributed by atoms with van der Waals surface area (Å²) < 4.78 is 0. The van der Waals surface area contributed by atoms with Crippen molar-refractivity contribution >= 4 is 17.7 Å². The molecule has 1 rings (SSSR count). The molecule has 0 atom stereocenters. The van der Waals surface area contributed by atoms with E-state index in [2.05, 4.69) is 37.1 Å². The van der Waals surface area contributed by atoms with Crippen LogP contribution in [-0.2, 0) is 0 Å². The van der Waals surface area contributed by atoms with Crippen molar-refractivity contribution in [2.75, 3.05) is 31.1 Å². The number of amides is 1. The lowest BCUT2D eigenvalue weighted by molar-refractivity contribution is 0.0945. The number of carbonyl (C=O) groups excluding carboxylic acids is 1. The van der Waals surface area contributed by atoms with E-state index in [-0.39, 0.29) is 5.91 Å². The van der Waals surface area contributed by atoms with E-state index in [0.717, 1.165) is 13.1 Å². The standard InChI is InChI=1S/C19H29N3OS/c1-4-13-24-14-5-11-22(16(2)3)12-10-21-19(23)18-8-6-17(15-20)7-9-18/h6-9,16H,4-5,10-14H2,1-3H3,(H,21,23). The summed E-state index contributed by atoms with van der Waals surface area (Å²) in [5.74, 6) is 2.36. The van der Waals surface area contributed by atoms with Crippen LogP contribution in [0.2, 0.25) is 0 Å².